The van der Waals surface area contributed by atoms with Gasteiger partial charge >= 0.3 is 5.69 Å². The molecule has 0 spiro atoms. The van der Waals surface area contributed by atoms with Gasteiger partial charge in [0.2, 0.25) is 5.91 Å². The summed E-state index contributed by atoms with van der Waals surface area (Å²) in [5, 5.41) is 6.36. The quantitative estimate of drug-likeness (QED) is 0.778. The molecule has 128 valence electrons. The monoisotopic (exact) mass is 345 g/mol. The van der Waals surface area contributed by atoms with Gasteiger partial charge in [-0.15, -0.1) is 5.10 Å². The first-order valence-corrected chi connectivity index (χ1v) is 7.26. The number of hydrogen-bond acceptors (Lipinski definition) is 4. The van der Waals surface area contributed by atoms with Crippen molar-refractivity contribution >= 4 is 11.6 Å². The van der Waals surface area contributed by atoms with Crippen LogP contribution >= 0.6 is 0 Å². The van der Waals surface area contributed by atoms with Crippen LogP contribution in [0.25, 0.3) is 11.5 Å². The number of hydrogen-bond donors (Lipinski definition) is 1. The Morgan fingerprint density at radius 3 is 2.72 bits per heavy atom. The smallest absolute Gasteiger partial charge is 0.322 e. The first kappa shape index (κ1) is 16.5. The van der Waals surface area contributed by atoms with E-state index in [2.05, 4.69) is 15.4 Å². The number of nitrogens with one attached hydrogen (secondary N) is 1. The summed E-state index contributed by atoms with van der Waals surface area (Å²) in [5.41, 5.74) is -0.221. The van der Waals surface area contributed by atoms with Crippen LogP contribution in [0.2, 0.25) is 0 Å². The molecule has 0 atom stereocenters. The highest BCUT2D eigenvalue weighted by Gasteiger charge is 2.16. The van der Waals surface area contributed by atoms with Gasteiger partial charge in [0.15, 0.2) is 5.82 Å². The predicted octanol–water partition coefficient (Wildman–Crippen LogP) is 1.56. The van der Waals surface area contributed by atoms with Crippen LogP contribution in [0.5, 0.6) is 0 Å². The molecule has 1 amide bonds. The van der Waals surface area contributed by atoms with Gasteiger partial charge in [-0.25, -0.2) is 18.3 Å². The number of amides is 1. The third-order valence-corrected chi connectivity index (χ3v) is 3.43. The lowest BCUT2D eigenvalue weighted by molar-refractivity contribution is -0.117. The lowest BCUT2D eigenvalue weighted by atomic mass is 10.3. The number of carbonyl (C=O) groups is 1. The fourth-order valence-corrected chi connectivity index (χ4v) is 2.23. The van der Waals surface area contributed by atoms with Crippen LogP contribution in [0.15, 0.2) is 47.4 Å². The van der Waals surface area contributed by atoms with Crippen molar-refractivity contribution < 1.29 is 13.6 Å². The van der Waals surface area contributed by atoms with Crippen LogP contribution in [0.3, 0.4) is 0 Å². The molecule has 2 heterocycles. The lowest BCUT2D eigenvalue weighted by Gasteiger charge is -2.05. The maximum atomic E-state index is 13.6. The molecular formula is C16H13F2N5O2. The molecule has 0 saturated heterocycles. The number of pyridine rings is 1. The van der Waals surface area contributed by atoms with Gasteiger partial charge in [-0.05, 0) is 24.3 Å². The fourth-order valence-electron chi connectivity index (χ4n) is 2.23. The predicted molar refractivity (Wildman–Crippen MR) is 85.7 cm³/mol. The molecule has 7 nitrogen and oxygen atoms in total. The molecule has 0 unspecified atom stereocenters. The molecule has 0 fully saturated rings. The van der Waals surface area contributed by atoms with E-state index in [-0.39, 0.29) is 5.69 Å². The van der Waals surface area contributed by atoms with Gasteiger partial charge in [0.05, 0.1) is 5.69 Å². The van der Waals surface area contributed by atoms with E-state index in [9.17, 15) is 18.4 Å². The summed E-state index contributed by atoms with van der Waals surface area (Å²) in [5.74, 6) is -2.03. The molecule has 3 aromatic rings. The van der Waals surface area contributed by atoms with Crippen molar-refractivity contribution in [3.05, 3.63) is 64.7 Å². The Labute approximate surface area is 140 Å². The second-order valence-electron chi connectivity index (χ2n) is 5.21. The second kappa shape index (κ2) is 6.63. The highest BCUT2D eigenvalue weighted by atomic mass is 19.1. The minimum Gasteiger partial charge on any atom is -0.322 e. The summed E-state index contributed by atoms with van der Waals surface area (Å²) in [6, 6.07) is 7.93. The Hall–Kier alpha value is -3.36. The molecule has 0 saturated carbocycles. The standard InChI is InChI=1S/C16H13F2N5O2/c1-22-15(13-4-2-3-7-19-13)21-23(16(22)25)9-14(24)20-12-6-5-10(17)8-11(12)18/h2-8H,9H2,1H3,(H,20,24). The zero-order valence-corrected chi connectivity index (χ0v) is 13.1. The molecular weight excluding hydrogens is 332 g/mol. The van der Waals surface area contributed by atoms with E-state index in [1.54, 1.807) is 24.4 Å². The van der Waals surface area contributed by atoms with Gasteiger partial charge in [0.1, 0.15) is 23.9 Å². The lowest BCUT2D eigenvalue weighted by Crippen LogP contribution is -2.29. The Kier molecular flexibility index (Phi) is 4.38. The first-order valence-electron chi connectivity index (χ1n) is 7.26. The average Bonchev–Trinajstić information content (AvgIpc) is 2.87. The molecule has 0 aliphatic heterocycles. The summed E-state index contributed by atoms with van der Waals surface area (Å²) in [6.45, 7) is -0.420. The van der Waals surface area contributed by atoms with Gasteiger partial charge in [0, 0.05) is 19.3 Å². The fraction of sp³-hybridized carbons (Fsp3) is 0.125. The van der Waals surface area contributed by atoms with Gasteiger partial charge < -0.3 is 5.32 Å². The molecule has 0 radical (unpaired) electrons. The van der Waals surface area contributed by atoms with E-state index in [1.807, 2.05) is 0 Å². The Bertz CT molecular complexity index is 982. The third-order valence-electron chi connectivity index (χ3n) is 3.43. The normalized spacial score (nSPS) is 10.7. The maximum Gasteiger partial charge on any atom is 0.346 e. The minimum atomic E-state index is -0.907. The van der Waals surface area contributed by atoms with E-state index in [4.69, 9.17) is 0 Å². The van der Waals surface area contributed by atoms with Crippen LogP contribution in [0, 0.1) is 11.6 Å². The third kappa shape index (κ3) is 3.44. The summed E-state index contributed by atoms with van der Waals surface area (Å²) in [7, 11) is 1.51. The number of carbonyl (C=O) groups excluding carboxylic acids is 1. The average molecular weight is 345 g/mol. The molecule has 3 rings (SSSR count). The van der Waals surface area contributed by atoms with E-state index in [0.717, 1.165) is 16.8 Å². The summed E-state index contributed by atoms with van der Waals surface area (Å²) in [6.07, 6.45) is 1.56. The van der Waals surface area contributed by atoms with E-state index < -0.39 is 29.8 Å². The van der Waals surface area contributed by atoms with Gasteiger partial charge in [-0.1, -0.05) is 6.07 Å². The summed E-state index contributed by atoms with van der Waals surface area (Å²) in [4.78, 5) is 28.3. The topological polar surface area (TPSA) is 81.8 Å². The van der Waals surface area contributed by atoms with Crippen molar-refractivity contribution in [2.24, 2.45) is 7.05 Å². The summed E-state index contributed by atoms with van der Waals surface area (Å²) < 4.78 is 28.6. The van der Waals surface area contributed by atoms with Crippen molar-refractivity contribution in [3.63, 3.8) is 0 Å². The molecule has 0 aliphatic rings. The number of benzene rings is 1. The second-order valence-corrected chi connectivity index (χ2v) is 5.21. The SMILES string of the molecule is Cn1c(-c2ccccn2)nn(CC(=O)Nc2ccc(F)cc2F)c1=O. The van der Waals surface area contributed by atoms with E-state index >= 15 is 0 Å². The van der Waals surface area contributed by atoms with Crippen molar-refractivity contribution in [1.29, 1.82) is 0 Å². The highest BCUT2D eigenvalue weighted by Crippen LogP contribution is 2.15. The molecule has 2 aromatic heterocycles. The van der Waals surface area contributed by atoms with Crippen LogP contribution in [0.1, 0.15) is 0 Å². The van der Waals surface area contributed by atoms with Crippen LogP contribution in [-0.4, -0.2) is 25.2 Å². The Morgan fingerprint density at radius 2 is 2.04 bits per heavy atom. The molecule has 1 aromatic carbocycles. The number of aromatic nitrogens is 4. The zero-order valence-electron chi connectivity index (χ0n) is 13.1. The van der Waals surface area contributed by atoms with Crippen molar-refractivity contribution in [2.45, 2.75) is 6.54 Å². The van der Waals surface area contributed by atoms with Crippen molar-refractivity contribution in [3.8, 4) is 11.5 Å². The zero-order chi connectivity index (χ0) is 18.0. The van der Waals surface area contributed by atoms with Crippen LogP contribution in [-0.2, 0) is 18.4 Å². The Morgan fingerprint density at radius 1 is 1.24 bits per heavy atom. The number of nitrogens with zero attached hydrogens (tertiary/aromatic N) is 4. The molecule has 25 heavy (non-hydrogen) atoms. The van der Waals surface area contributed by atoms with E-state index in [0.29, 0.717) is 17.6 Å². The minimum absolute atomic E-state index is 0.180. The van der Waals surface area contributed by atoms with E-state index in [1.165, 1.54) is 11.6 Å². The van der Waals surface area contributed by atoms with Gasteiger partial charge in [-0.3, -0.25) is 14.3 Å². The maximum absolute atomic E-state index is 13.6. The highest BCUT2D eigenvalue weighted by molar-refractivity contribution is 5.90. The molecule has 0 bridgehead atoms. The molecule has 0 aliphatic carbocycles. The first-order chi connectivity index (χ1) is 12.0. The Balaban J connectivity index is 1.81. The largest absolute Gasteiger partial charge is 0.346 e. The van der Waals surface area contributed by atoms with Crippen molar-refractivity contribution in [1.82, 2.24) is 19.3 Å². The van der Waals surface area contributed by atoms with Crippen LogP contribution in [0.4, 0.5) is 14.5 Å². The summed E-state index contributed by atoms with van der Waals surface area (Å²) >= 11 is 0. The molecule has 9 heteroatoms. The van der Waals surface area contributed by atoms with Crippen LogP contribution < -0.4 is 11.0 Å². The van der Waals surface area contributed by atoms with Gasteiger partial charge in [-0.2, -0.15) is 0 Å². The van der Waals surface area contributed by atoms with Crippen molar-refractivity contribution in [2.75, 3.05) is 5.32 Å². The van der Waals surface area contributed by atoms with Gasteiger partial charge in [0.25, 0.3) is 0 Å². The number of anilines is 1. The number of rotatable bonds is 4. The molecule has 1 N–H and O–H groups in total. The number of halogens is 2.